The van der Waals surface area contributed by atoms with Crippen LogP contribution in [0.25, 0.3) is 0 Å². The number of hydrogen-bond acceptors (Lipinski definition) is 2. The van der Waals surface area contributed by atoms with E-state index in [4.69, 9.17) is 4.74 Å². The second-order valence-corrected chi connectivity index (χ2v) is 9.03. The van der Waals surface area contributed by atoms with E-state index in [9.17, 15) is 4.79 Å². The highest BCUT2D eigenvalue weighted by Crippen LogP contribution is 2.34. The first-order valence-corrected chi connectivity index (χ1v) is 10.4. The van der Waals surface area contributed by atoms with Gasteiger partial charge >= 0.3 is 6.09 Å². The highest BCUT2D eigenvalue weighted by molar-refractivity contribution is 5.68. The molecule has 150 valence electrons. The molecule has 3 unspecified atom stereocenters. The van der Waals surface area contributed by atoms with E-state index >= 15 is 0 Å². The van der Waals surface area contributed by atoms with E-state index in [2.05, 4.69) is 47.6 Å². The van der Waals surface area contributed by atoms with Gasteiger partial charge in [0.25, 0.3) is 0 Å². The molecule has 3 nitrogen and oxygen atoms in total. The van der Waals surface area contributed by atoms with Crippen LogP contribution in [0.4, 0.5) is 4.79 Å². The molecule has 0 aliphatic carbocycles. The van der Waals surface area contributed by atoms with Crippen LogP contribution < -0.4 is 0 Å². The Kier molecular flexibility index (Phi) is 8.43. The highest BCUT2D eigenvalue weighted by Gasteiger charge is 2.33. The van der Waals surface area contributed by atoms with E-state index in [1.165, 1.54) is 23.1 Å². The van der Waals surface area contributed by atoms with Crippen LogP contribution in [0, 0.1) is 11.8 Å². The van der Waals surface area contributed by atoms with Crippen molar-refractivity contribution in [3.8, 4) is 0 Å². The number of piperidine rings is 1. The third kappa shape index (κ3) is 6.48. The zero-order chi connectivity index (χ0) is 20.1. The van der Waals surface area contributed by atoms with E-state index < -0.39 is 5.60 Å². The molecular weight excluding hydrogens is 322 g/mol. The molecule has 3 atom stereocenters. The smallest absolute Gasteiger partial charge is 0.410 e. The third-order valence-electron chi connectivity index (χ3n) is 5.74. The van der Waals surface area contributed by atoms with Crippen molar-refractivity contribution in [1.29, 1.82) is 0 Å². The fourth-order valence-corrected chi connectivity index (χ4v) is 3.55. The van der Waals surface area contributed by atoms with Crippen LogP contribution >= 0.6 is 0 Å². The summed E-state index contributed by atoms with van der Waals surface area (Å²) >= 11 is 0. The molecule has 0 bridgehead atoms. The molecular formula is C23H41NO2. The minimum atomic E-state index is -0.437. The Bertz CT molecular complexity index is 539. The molecule has 1 heterocycles. The lowest BCUT2D eigenvalue weighted by molar-refractivity contribution is 0.00883. The summed E-state index contributed by atoms with van der Waals surface area (Å²) in [5.74, 6) is 1.15. The molecule has 1 aliphatic rings. The van der Waals surface area contributed by atoms with Crippen LogP contribution in [-0.4, -0.2) is 29.2 Å². The van der Waals surface area contributed by atoms with Gasteiger partial charge in [0.15, 0.2) is 0 Å². The number of carbonyl (C=O) groups is 1. The topological polar surface area (TPSA) is 29.5 Å². The summed E-state index contributed by atoms with van der Waals surface area (Å²) in [5, 5.41) is 0. The fraction of sp³-hybridized carbons (Fsp3) is 0.783. The molecule has 0 N–H and O–H groups in total. The van der Waals surface area contributed by atoms with Crippen LogP contribution in [0.2, 0.25) is 0 Å². The third-order valence-corrected chi connectivity index (χ3v) is 5.74. The first kappa shape index (κ1) is 22.8. The van der Waals surface area contributed by atoms with Gasteiger partial charge in [-0.25, -0.2) is 4.79 Å². The minimum Gasteiger partial charge on any atom is -0.444 e. The maximum absolute atomic E-state index is 12.5. The lowest BCUT2D eigenvalue weighted by Crippen LogP contribution is -2.47. The Labute approximate surface area is 161 Å². The van der Waals surface area contributed by atoms with E-state index in [1.54, 1.807) is 0 Å². The quantitative estimate of drug-likeness (QED) is 0.506. The monoisotopic (exact) mass is 363 g/mol. The Balaban J connectivity index is 2.94. The summed E-state index contributed by atoms with van der Waals surface area (Å²) in [5.41, 5.74) is 4.02. The fourth-order valence-electron chi connectivity index (χ4n) is 3.55. The van der Waals surface area contributed by atoms with Crippen molar-refractivity contribution >= 4 is 6.09 Å². The SMILES string of the molecule is CCC(C)=C(/C=C(/C)C(C)CC)C1CCN(C(=O)OC(C)(C)C)C(C)C1. The maximum Gasteiger partial charge on any atom is 0.410 e. The average Bonchev–Trinajstić information content (AvgIpc) is 2.56. The van der Waals surface area contributed by atoms with Crippen molar-refractivity contribution in [2.24, 2.45) is 11.8 Å². The van der Waals surface area contributed by atoms with Crippen molar-refractivity contribution < 1.29 is 9.53 Å². The van der Waals surface area contributed by atoms with E-state index in [0.717, 1.165) is 25.8 Å². The molecule has 1 saturated heterocycles. The minimum absolute atomic E-state index is 0.174. The van der Waals surface area contributed by atoms with Crippen LogP contribution in [0.3, 0.4) is 0 Å². The van der Waals surface area contributed by atoms with Crippen molar-refractivity contribution in [1.82, 2.24) is 4.90 Å². The normalized spacial score (nSPS) is 24.2. The molecule has 1 aliphatic heterocycles. The molecule has 0 aromatic carbocycles. The Morgan fingerprint density at radius 1 is 1.27 bits per heavy atom. The summed E-state index contributed by atoms with van der Waals surface area (Å²) in [7, 11) is 0. The molecule has 0 spiro atoms. The summed E-state index contributed by atoms with van der Waals surface area (Å²) < 4.78 is 5.59. The van der Waals surface area contributed by atoms with Crippen molar-refractivity contribution in [2.75, 3.05) is 6.54 Å². The molecule has 26 heavy (non-hydrogen) atoms. The van der Waals surface area contributed by atoms with Gasteiger partial charge in [0.1, 0.15) is 5.60 Å². The largest absolute Gasteiger partial charge is 0.444 e. The number of ether oxygens (including phenoxy) is 1. The highest BCUT2D eigenvalue weighted by atomic mass is 16.6. The molecule has 0 aromatic heterocycles. The molecule has 0 saturated carbocycles. The number of amides is 1. The van der Waals surface area contributed by atoms with Gasteiger partial charge in [-0.05, 0) is 84.6 Å². The number of hydrogen-bond donors (Lipinski definition) is 0. The Morgan fingerprint density at radius 2 is 1.88 bits per heavy atom. The molecule has 1 amide bonds. The number of allylic oxidation sites excluding steroid dienone is 4. The first-order chi connectivity index (χ1) is 12.0. The predicted molar refractivity (Wildman–Crippen MR) is 111 cm³/mol. The molecule has 0 aromatic rings. The van der Waals surface area contributed by atoms with Gasteiger partial charge in [0.05, 0.1) is 0 Å². The standard InChI is InChI=1S/C23H41NO2/c1-10-16(3)18(5)14-21(17(4)11-2)20-12-13-24(19(6)15-20)22(25)26-23(7,8)9/h14,16,19-20H,10-13,15H2,1-9H3/b18-14-,21-17?. The van der Waals surface area contributed by atoms with Gasteiger partial charge in [-0.15, -0.1) is 0 Å². The van der Waals surface area contributed by atoms with Crippen molar-refractivity contribution in [2.45, 2.75) is 99.6 Å². The van der Waals surface area contributed by atoms with Crippen molar-refractivity contribution in [3.05, 3.63) is 22.8 Å². The second-order valence-electron chi connectivity index (χ2n) is 9.03. The Hall–Kier alpha value is -1.25. The van der Waals surface area contributed by atoms with Crippen LogP contribution in [0.1, 0.15) is 88.0 Å². The van der Waals surface area contributed by atoms with Gasteiger partial charge in [0.2, 0.25) is 0 Å². The summed E-state index contributed by atoms with van der Waals surface area (Å²) in [4.78, 5) is 14.4. The average molecular weight is 364 g/mol. The summed E-state index contributed by atoms with van der Waals surface area (Å²) in [6.07, 6.45) is 6.55. The van der Waals surface area contributed by atoms with Crippen LogP contribution in [-0.2, 0) is 4.74 Å². The Morgan fingerprint density at radius 3 is 2.35 bits per heavy atom. The maximum atomic E-state index is 12.5. The zero-order valence-corrected chi connectivity index (χ0v) is 18.6. The molecule has 0 radical (unpaired) electrons. The van der Waals surface area contributed by atoms with Gasteiger partial charge in [-0.2, -0.15) is 0 Å². The van der Waals surface area contributed by atoms with E-state index in [1.807, 2.05) is 25.7 Å². The van der Waals surface area contributed by atoms with Gasteiger partial charge in [-0.3, -0.25) is 0 Å². The van der Waals surface area contributed by atoms with Crippen LogP contribution in [0.5, 0.6) is 0 Å². The van der Waals surface area contributed by atoms with Gasteiger partial charge in [0, 0.05) is 12.6 Å². The van der Waals surface area contributed by atoms with Crippen molar-refractivity contribution in [3.63, 3.8) is 0 Å². The number of nitrogens with zero attached hydrogens (tertiary/aromatic N) is 1. The molecule has 1 fully saturated rings. The van der Waals surface area contributed by atoms with E-state index in [-0.39, 0.29) is 12.1 Å². The lowest BCUT2D eigenvalue weighted by Gasteiger charge is -2.39. The summed E-state index contributed by atoms with van der Waals surface area (Å²) in [6.45, 7) is 20.0. The summed E-state index contributed by atoms with van der Waals surface area (Å²) in [6, 6.07) is 0.209. The second kappa shape index (κ2) is 9.62. The zero-order valence-electron chi connectivity index (χ0n) is 18.6. The van der Waals surface area contributed by atoms with Gasteiger partial charge in [-0.1, -0.05) is 38.0 Å². The van der Waals surface area contributed by atoms with Crippen LogP contribution in [0.15, 0.2) is 22.8 Å². The number of likely N-dealkylation sites (tertiary alicyclic amines) is 1. The predicted octanol–water partition coefficient (Wildman–Crippen LogP) is 6.74. The van der Waals surface area contributed by atoms with Gasteiger partial charge < -0.3 is 9.64 Å². The van der Waals surface area contributed by atoms with E-state index in [0.29, 0.717) is 11.8 Å². The molecule has 3 heteroatoms. The molecule has 1 rings (SSSR count). The first-order valence-electron chi connectivity index (χ1n) is 10.4. The number of rotatable bonds is 5. The lowest BCUT2D eigenvalue weighted by atomic mass is 9.81. The number of carbonyl (C=O) groups excluding carboxylic acids is 1.